The molecule has 4 nitrogen and oxygen atoms in total. The largest absolute Gasteiger partial charge is 0.330 e. The zero-order chi connectivity index (χ0) is 11.7. The molecule has 2 rings (SSSR count). The van der Waals surface area contributed by atoms with Crippen LogP contribution in [0.2, 0.25) is 0 Å². The lowest BCUT2D eigenvalue weighted by molar-refractivity contribution is 0.544. The molecule has 0 saturated carbocycles. The second kappa shape index (κ2) is 4.71. The lowest BCUT2D eigenvalue weighted by atomic mass is 10.3. The minimum absolute atomic E-state index is 0.412. The molecule has 0 aliphatic rings. The fourth-order valence-corrected chi connectivity index (χ4v) is 2.69. The normalized spacial score (nSPS) is 11.3. The van der Waals surface area contributed by atoms with Crippen molar-refractivity contribution in [1.29, 1.82) is 0 Å². The second-order valence-electron chi connectivity index (χ2n) is 3.83. The molecular formula is C10H12Br2N4. The highest BCUT2D eigenvalue weighted by atomic mass is 79.9. The number of halogens is 2. The fraction of sp³-hybridized carbons (Fsp3) is 0.400. The number of hydrogen-bond acceptors (Lipinski definition) is 2. The van der Waals surface area contributed by atoms with Crippen molar-refractivity contribution in [1.82, 2.24) is 19.3 Å². The number of rotatable bonds is 3. The molecule has 16 heavy (non-hydrogen) atoms. The van der Waals surface area contributed by atoms with E-state index >= 15 is 0 Å². The molecule has 0 aliphatic heterocycles. The Bertz CT molecular complexity index is 487. The van der Waals surface area contributed by atoms with E-state index in [1.165, 1.54) is 0 Å². The molecular weight excluding hydrogens is 336 g/mol. The summed E-state index contributed by atoms with van der Waals surface area (Å²) in [5.41, 5.74) is 1.14. The fourth-order valence-electron chi connectivity index (χ4n) is 1.55. The van der Waals surface area contributed by atoms with Gasteiger partial charge in [0, 0.05) is 12.1 Å². The first kappa shape index (κ1) is 11.9. The van der Waals surface area contributed by atoms with E-state index in [9.17, 15) is 0 Å². The van der Waals surface area contributed by atoms with Gasteiger partial charge in [-0.3, -0.25) is 4.68 Å². The van der Waals surface area contributed by atoms with Crippen molar-refractivity contribution >= 4 is 31.9 Å². The first-order valence-corrected chi connectivity index (χ1v) is 6.56. The van der Waals surface area contributed by atoms with Crippen LogP contribution < -0.4 is 0 Å². The first-order valence-electron chi connectivity index (χ1n) is 4.97. The van der Waals surface area contributed by atoms with Gasteiger partial charge in [-0.1, -0.05) is 0 Å². The van der Waals surface area contributed by atoms with Gasteiger partial charge < -0.3 is 4.57 Å². The number of aromatic nitrogens is 4. The van der Waals surface area contributed by atoms with Gasteiger partial charge >= 0.3 is 0 Å². The molecule has 0 fully saturated rings. The Hall–Kier alpha value is -0.620. The Morgan fingerprint density at radius 2 is 2.12 bits per heavy atom. The van der Waals surface area contributed by atoms with E-state index in [4.69, 9.17) is 0 Å². The maximum atomic E-state index is 4.33. The Morgan fingerprint density at radius 3 is 2.69 bits per heavy atom. The van der Waals surface area contributed by atoms with Crippen molar-refractivity contribution in [2.75, 3.05) is 0 Å². The van der Waals surface area contributed by atoms with Crippen molar-refractivity contribution in [3.05, 3.63) is 33.5 Å². The van der Waals surface area contributed by atoms with Crippen LogP contribution in [0.4, 0.5) is 0 Å². The maximum absolute atomic E-state index is 4.33. The van der Waals surface area contributed by atoms with Crippen LogP contribution in [0.5, 0.6) is 0 Å². The molecule has 0 spiro atoms. The SMILES string of the molecule is CC(C)n1cncc1Cn1nc(Br)cc1Br. The molecule has 0 saturated heterocycles. The highest BCUT2D eigenvalue weighted by Gasteiger charge is 2.09. The minimum atomic E-state index is 0.412. The van der Waals surface area contributed by atoms with E-state index in [0.717, 1.165) is 14.9 Å². The van der Waals surface area contributed by atoms with Crippen LogP contribution in [-0.2, 0) is 6.54 Å². The number of nitrogens with zero attached hydrogens (tertiary/aromatic N) is 4. The van der Waals surface area contributed by atoms with E-state index in [-0.39, 0.29) is 0 Å². The van der Waals surface area contributed by atoms with Crippen molar-refractivity contribution in [2.45, 2.75) is 26.4 Å². The van der Waals surface area contributed by atoms with Gasteiger partial charge in [-0.25, -0.2) is 4.98 Å². The van der Waals surface area contributed by atoms with Gasteiger partial charge in [0.25, 0.3) is 0 Å². The van der Waals surface area contributed by atoms with Crippen molar-refractivity contribution in [3.8, 4) is 0 Å². The molecule has 0 aromatic carbocycles. The zero-order valence-corrected chi connectivity index (χ0v) is 12.2. The second-order valence-corrected chi connectivity index (χ2v) is 5.46. The molecule has 86 valence electrons. The summed E-state index contributed by atoms with van der Waals surface area (Å²) in [5.74, 6) is 0. The van der Waals surface area contributed by atoms with Crippen LogP contribution in [0.1, 0.15) is 25.6 Å². The Labute approximate surface area is 111 Å². The maximum Gasteiger partial charge on any atom is 0.129 e. The Morgan fingerprint density at radius 1 is 1.38 bits per heavy atom. The summed E-state index contributed by atoms with van der Waals surface area (Å²) in [4.78, 5) is 4.17. The average molecular weight is 348 g/mol. The van der Waals surface area contributed by atoms with Crippen molar-refractivity contribution in [3.63, 3.8) is 0 Å². The summed E-state index contributed by atoms with van der Waals surface area (Å²) in [6.07, 6.45) is 3.73. The van der Waals surface area contributed by atoms with Gasteiger partial charge in [0.1, 0.15) is 9.21 Å². The quantitative estimate of drug-likeness (QED) is 0.854. The molecule has 0 amide bonds. The monoisotopic (exact) mass is 346 g/mol. The highest BCUT2D eigenvalue weighted by Crippen LogP contribution is 2.18. The minimum Gasteiger partial charge on any atom is -0.330 e. The molecule has 2 aromatic heterocycles. The van der Waals surface area contributed by atoms with Crippen LogP contribution in [0.3, 0.4) is 0 Å². The summed E-state index contributed by atoms with van der Waals surface area (Å²) in [7, 11) is 0. The Kier molecular flexibility index (Phi) is 3.49. The third-order valence-electron chi connectivity index (χ3n) is 2.32. The molecule has 2 heterocycles. The number of hydrogen-bond donors (Lipinski definition) is 0. The number of imidazole rings is 1. The molecule has 0 unspecified atom stereocenters. The molecule has 0 aliphatic carbocycles. The van der Waals surface area contributed by atoms with Crippen LogP contribution in [0.25, 0.3) is 0 Å². The lowest BCUT2D eigenvalue weighted by Crippen LogP contribution is -2.09. The highest BCUT2D eigenvalue weighted by molar-refractivity contribution is 9.11. The molecule has 2 aromatic rings. The molecule has 0 radical (unpaired) electrons. The van der Waals surface area contributed by atoms with Crippen molar-refractivity contribution in [2.24, 2.45) is 0 Å². The molecule has 6 heteroatoms. The smallest absolute Gasteiger partial charge is 0.129 e. The molecule has 0 N–H and O–H groups in total. The summed E-state index contributed by atoms with van der Waals surface area (Å²) in [6, 6.07) is 2.34. The molecule has 0 bridgehead atoms. The van der Waals surface area contributed by atoms with Gasteiger partial charge in [0.05, 0.1) is 24.8 Å². The topological polar surface area (TPSA) is 35.6 Å². The van der Waals surface area contributed by atoms with E-state index in [1.807, 2.05) is 23.3 Å². The first-order chi connectivity index (χ1) is 7.58. The predicted octanol–water partition coefficient (Wildman–Crippen LogP) is 3.23. The zero-order valence-electron chi connectivity index (χ0n) is 9.06. The third kappa shape index (κ3) is 2.38. The van der Waals surface area contributed by atoms with Crippen molar-refractivity contribution < 1.29 is 0 Å². The van der Waals surface area contributed by atoms with E-state index < -0.39 is 0 Å². The average Bonchev–Trinajstić information content (AvgIpc) is 2.75. The summed E-state index contributed by atoms with van der Waals surface area (Å²) in [6.45, 7) is 4.99. The van der Waals surface area contributed by atoms with Gasteiger partial charge in [-0.15, -0.1) is 0 Å². The van der Waals surface area contributed by atoms with Gasteiger partial charge in [-0.05, 0) is 45.7 Å². The third-order valence-corrected chi connectivity index (χ3v) is 3.34. The van der Waals surface area contributed by atoms with Gasteiger partial charge in [0.15, 0.2) is 0 Å². The summed E-state index contributed by atoms with van der Waals surface area (Å²) < 4.78 is 5.81. The van der Waals surface area contributed by atoms with Crippen LogP contribution in [0.15, 0.2) is 27.8 Å². The lowest BCUT2D eigenvalue weighted by Gasteiger charge is -2.11. The van der Waals surface area contributed by atoms with Crippen LogP contribution in [0, 0.1) is 0 Å². The summed E-state index contributed by atoms with van der Waals surface area (Å²) in [5, 5.41) is 4.33. The van der Waals surface area contributed by atoms with Gasteiger partial charge in [0.2, 0.25) is 0 Å². The Balaban J connectivity index is 2.27. The van der Waals surface area contributed by atoms with E-state index in [2.05, 4.69) is 60.4 Å². The van der Waals surface area contributed by atoms with Crippen LogP contribution in [-0.4, -0.2) is 19.3 Å². The van der Waals surface area contributed by atoms with Gasteiger partial charge in [-0.2, -0.15) is 5.10 Å². The standard InChI is InChI=1S/C10H12Br2N4/c1-7(2)15-6-13-4-8(15)5-16-10(12)3-9(11)14-16/h3-4,6-7H,5H2,1-2H3. The van der Waals surface area contributed by atoms with E-state index in [0.29, 0.717) is 12.6 Å². The van der Waals surface area contributed by atoms with E-state index in [1.54, 1.807) is 0 Å². The molecule has 0 atom stereocenters. The van der Waals surface area contributed by atoms with Crippen LogP contribution >= 0.6 is 31.9 Å². The summed E-state index contributed by atoms with van der Waals surface area (Å²) >= 11 is 6.82. The predicted molar refractivity (Wildman–Crippen MR) is 69.3 cm³/mol.